The summed E-state index contributed by atoms with van der Waals surface area (Å²) in [5.41, 5.74) is 1.66. The Balaban J connectivity index is 2.00. The van der Waals surface area contributed by atoms with Gasteiger partial charge < -0.3 is 10.6 Å². The van der Waals surface area contributed by atoms with Crippen molar-refractivity contribution in [2.24, 2.45) is 0 Å². The molecule has 0 saturated heterocycles. The Morgan fingerprint density at radius 3 is 2.50 bits per heavy atom. The second kappa shape index (κ2) is 6.21. The lowest BCUT2D eigenvalue weighted by atomic mass is 9.91. The lowest BCUT2D eigenvalue weighted by Gasteiger charge is -2.29. The van der Waals surface area contributed by atoms with Gasteiger partial charge in [-0.2, -0.15) is 5.26 Å². The summed E-state index contributed by atoms with van der Waals surface area (Å²) in [7, 11) is 2.03. The lowest BCUT2D eigenvalue weighted by molar-refractivity contribution is 0.371. The molecule has 0 aromatic heterocycles. The Bertz CT molecular complexity index is 445. The SMILES string of the molecule is CNC1CCC(Nc2ccc(Br)cc2C#N)CC1. The summed E-state index contributed by atoms with van der Waals surface area (Å²) < 4.78 is 0.948. The van der Waals surface area contributed by atoms with Crippen LogP contribution in [-0.2, 0) is 0 Å². The van der Waals surface area contributed by atoms with Crippen LogP contribution in [0.15, 0.2) is 22.7 Å². The van der Waals surface area contributed by atoms with Crippen molar-refractivity contribution in [2.75, 3.05) is 12.4 Å². The molecular formula is C14H18BrN3. The zero-order valence-electron chi connectivity index (χ0n) is 10.5. The monoisotopic (exact) mass is 307 g/mol. The third kappa shape index (κ3) is 3.24. The predicted octanol–water partition coefficient (Wildman–Crippen LogP) is 3.26. The summed E-state index contributed by atoms with van der Waals surface area (Å²) in [6.07, 6.45) is 4.72. The zero-order valence-corrected chi connectivity index (χ0v) is 12.1. The average Bonchev–Trinajstić information content (AvgIpc) is 2.41. The number of nitrogens with one attached hydrogen (secondary N) is 2. The van der Waals surface area contributed by atoms with Crippen molar-refractivity contribution in [1.29, 1.82) is 5.26 Å². The fourth-order valence-electron chi connectivity index (χ4n) is 2.48. The van der Waals surface area contributed by atoms with Crippen molar-refractivity contribution in [3.05, 3.63) is 28.2 Å². The fraction of sp³-hybridized carbons (Fsp3) is 0.500. The van der Waals surface area contributed by atoms with Crippen LogP contribution >= 0.6 is 15.9 Å². The lowest BCUT2D eigenvalue weighted by Crippen LogP contribution is -2.35. The van der Waals surface area contributed by atoms with Crippen molar-refractivity contribution in [2.45, 2.75) is 37.8 Å². The van der Waals surface area contributed by atoms with Crippen molar-refractivity contribution >= 4 is 21.6 Å². The molecule has 4 heteroatoms. The predicted molar refractivity (Wildman–Crippen MR) is 77.6 cm³/mol. The molecular weight excluding hydrogens is 290 g/mol. The summed E-state index contributed by atoms with van der Waals surface area (Å²) in [4.78, 5) is 0. The van der Waals surface area contributed by atoms with Gasteiger partial charge in [0.25, 0.3) is 0 Å². The van der Waals surface area contributed by atoms with E-state index in [2.05, 4.69) is 32.6 Å². The average molecular weight is 308 g/mol. The van der Waals surface area contributed by atoms with Crippen LogP contribution in [0.25, 0.3) is 0 Å². The third-order valence-corrected chi connectivity index (χ3v) is 4.09. The van der Waals surface area contributed by atoms with Gasteiger partial charge in [0.15, 0.2) is 0 Å². The highest BCUT2D eigenvalue weighted by Gasteiger charge is 2.20. The van der Waals surface area contributed by atoms with E-state index in [4.69, 9.17) is 5.26 Å². The molecule has 1 saturated carbocycles. The van der Waals surface area contributed by atoms with Gasteiger partial charge in [-0.15, -0.1) is 0 Å². The Hall–Kier alpha value is -1.05. The quantitative estimate of drug-likeness (QED) is 0.901. The fourth-order valence-corrected chi connectivity index (χ4v) is 2.84. The minimum absolute atomic E-state index is 0.489. The summed E-state index contributed by atoms with van der Waals surface area (Å²) in [6, 6.07) is 9.20. The number of halogens is 1. The van der Waals surface area contributed by atoms with Crippen molar-refractivity contribution in [3.8, 4) is 6.07 Å². The van der Waals surface area contributed by atoms with E-state index >= 15 is 0 Å². The molecule has 0 amide bonds. The maximum absolute atomic E-state index is 9.13. The molecule has 2 rings (SSSR count). The molecule has 0 radical (unpaired) electrons. The molecule has 96 valence electrons. The minimum atomic E-state index is 0.489. The number of anilines is 1. The Labute approximate surface area is 117 Å². The summed E-state index contributed by atoms with van der Waals surface area (Å²) in [5, 5.41) is 16.0. The number of nitrogens with zero attached hydrogens (tertiary/aromatic N) is 1. The molecule has 1 aliphatic rings. The molecule has 18 heavy (non-hydrogen) atoms. The van der Waals surface area contributed by atoms with Gasteiger partial charge >= 0.3 is 0 Å². The van der Waals surface area contributed by atoms with Gasteiger partial charge in [-0.1, -0.05) is 15.9 Å². The normalized spacial score (nSPS) is 23.4. The first-order valence-corrected chi connectivity index (χ1v) is 7.15. The van der Waals surface area contributed by atoms with Crippen LogP contribution in [0.4, 0.5) is 5.69 Å². The number of benzene rings is 1. The minimum Gasteiger partial charge on any atom is -0.381 e. The highest BCUT2D eigenvalue weighted by Crippen LogP contribution is 2.25. The van der Waals surface area contributed by atoms with Crippen LogP contribution < -0.4 is 10.6 Å². The topological polar surface area (TPSA) is 47.8 Å². The number of hydrogen-bond acceptors (Lipinski definition) is 3. The van der Waals surface area contributed by atoms with E-state index in [1.807, 2.05) is 25.2 Å². The third-order valence-electron chi connectivity index (χ3n) is 3.60. The van der Waals surface area contributed by atoms with Crippen molar-refractivity contribution in [1.82, 2.24) is 5.32 Å². The van der Waals surface area contributed by atoms with Crippen LogP contribution in [0, 0.1) is 11.3 Å². The largest absolute Gasteiger partial charge is 0.381 e. The molecule has 1 fully saturated rings. The van der Waals surface area contributed by atoms with Crippen LogP contribution in [0.5, 0.6) is 0 Å². The van der Waals surface area contributed by atoms with Gasteiger partial charge in [0.05, 0.1) is 11.3 Å². The van der Waals surface area contributed by atoms with Gasteiger partial charge in [-0.05, 0) is 50.9 Å². The van der Waals surface area contributed by atoms with Gasteiger partial charge in [0.1, 0.15) is 6.07 Å². The van der Waals surface area contributed by atoms with Crippen molar-refractivity contribution < 1.29 is 0 Å². The Morgan fingerprint density at radius 2 is 1.89 bits per heavy atom. The van der Waals surface area contributed by atoms with Crippen LogP contribution in [0.3, 0.4) is 0 Å². The molecule has 0 spiro atoms. The van der Waals surface area contributed by atoms with E-state index in [-0.39, 0.29) is 0 Å². The summed E-state index contributed by atoms with van der Waals surface area (Å²) in [6.45, 7) is 0. The molecule has 2 N–H and O–H groups in total. The first-order chi connectivity index (χ1) is 8.72. The molecule has 0 bridgehead atoms. The number of rotatable bonds is 3. The zero-order chi connectivity index (χ0) is 13.0. The van der Waals surface area contributed by atoms with E-state index in [1.165, 1.54) is 12.8 Å². The van der Waals surface area contributed by atoms with E-state index in [0.717, 1.165) is 23.0 Å². The first-order valence-electron chi connectivity index (χ1n) is 6.36. The highest BCUT2D eigenvalue weighted by atomic mass is 79.9. The van der Waals surface area contributed by atoms with E-state index in [0.29, 0.717) is 17.6 Å². The van der Waals surface area contributed by atoms with E-state index in [1.54, 1.807) is 0 Å². The molecule has 3 nitrogen and oxygen atoms in total. The molecule has 1 aliphatic carbocycles. The van der Waals surface area contributed by atoms with Gasteiger partial charge in [-0.3, -0.25) is 0 Å². The molecule has 0 unspecified atom stereocenters. The molecule has 0 heterocycles. The maximum Gasteiger partial charge on any atom is 0.101 e. The number of nitriles is 1. The van der Waals surface area contributed by atoms with Gasteiger partial charge in [-0.25, -0.2) is 0 Å². The van der Waals surface area contributed by atoms with Gasteiger partial charge in [0.2, 0.25) is 0 Å². The van der Waals surface area contributed by atoms with Crippen LogP contribution in [0.2, 0.25) is 0 Å². The molecule has 1 aromatic carbocycles. The Kier molecular flexibility index (Phi) is 4.62. The number of hydrogen-bond donors (Lipinski definition) is 2. The second-order valence-electron chi connectivity index (χ2n) is 4.78. The van der Waals surface area contributed by atoms with Gasteiger partial charge in [0, 0.05) is 16.6 Å². The molecule has 0 aliphatic heterocycles. The van der Waals surface area contributed by atoms with Crippen LogP contribution in [-0.4, -0.2) is 19.1 Å². The standard InChI is InChI=1S/C14H18BrN3/c1-17-12-3-5-13(6-4-12)18-14-7-2-11(15)8-10(14)9-16/h2,7-8,12-13,17-18H,3-6H2,1H3. The van der Waals surface area contributed by atoms with E-state index < -0.39 is 0 Å². The Morgan fingerprint density at radius 1 is 1.22 bits per heavy atom. The first kappa shape index (κ1) is 13.4. The molecule has 1 aromatic rings. The highest BCUT2D eigenvalue weighted by molar-refractivity contribution is 9.10. The van der Waals surface area contributed by atoms with Crippen molar-refractivity contribution in [3.63, 3.8) is 0 Å². The van der Waals surface area contributed by atoms with Crippen LogP contribution in [0.1, 0.15) is 31.2 Å². The maximum atomic E-state index is 9.13. The molecule has 0 atom stereocenters. The second-order valence-corrected chi connectivity index (χ2v) is 5.70. The summed E-state index contributed by atoms with van der Waals surface area (Å²) in [5.74, 6) is 0. The summed E-state index contributed by atoms with van der Waals surface area (Å²) >= 11 is 3.39. The smallest absolute Gasteiger partial charge is 0.101 e. The van der Waals surface area contributed by atoms with E-state index in [9.17, 15) is 0 Å².